The Kier molecular flexibility index (Phi) is 30.1. The zero-order valence-electron chi connectivity index (χ0n) is 65.5. The normalized spacial score (nSPS) is 35.9. The van der Waals surface area contributed by atoms with Gasteiger partial charge in [-0.2, -0.15) is 0 Å². The number of aryl methyl sites for hydroxylation is 4. The molecule has 4 aromatic rings. The van der Waals surface area contributed by atoms with Crippen LogP contribution in [0.15, 0.2) is 97.1 Å². The molecule has 8 saturated heterocycles. The zero-order valence-corrected chi connectivity index (χ0v) is 65.5. The molecule has 12 fully saturated rings. The van der Waals surface area contributed by atoms with Gasteiger partial charge < -0.3 is 85.3 Å². The third-order valence-corrected chi connectivity index (χ3v) is 24.6. The predicted octanol–water partition coefficient (Wildman–Crippen LogP) is 14.3. The van der Waals surface area contributed by atoms with Crippen molar-refractivity contribution in [2.75, 3.05) is 79.7 Å². The topological polar surface area (TPSA) is 200 Å². The van der Waals surface area contributed by atoms with Gasteiger partial charge in [0.2, 0.25) is 0 Å². The summed E-state index contributed by atoms with van der Waals surface area (Å²) in [7, 11) is 0. The van der Waals surface area contributed by atoms with E-state index in [4.69, 9.17) is 85.3 Å². The molecule has 0 radical (unpaired) electrons. The molecule has 0 spiro atoms. The van der Waals surface area contributed by atoms with Gasteiger partial charge in [-0.3, -0.25) is 4.79 Å². The molecule has 596 valence electrons. The van der Waals surface area contributed by atoms with E-state index in [0.717, 1.165) is 98.6 Å². The number of benzene rings is 4. The fourth-order valence-corrected chi connectivity index (χ4v) is 17.1. The highest BCUT2D eigenvalue weighted by Crippen LogP contribution is 2.39. The van der Waals surface area contributed by atoms with Crippen LogP contribution in [0.5, 0.6) is 5.75 Å². The molecule has 20 heteroatoms. The Hall–Kier alpha value is -4.98. The lowest BCUT2D eigenvalue weighted by atomic mass is 9.83. The van der Waals surface area contributed by atoms with Crippen molar-refractivity contribution < 1.29 is 94.9 Å². The molecule has 20 nitrogen and oxygen atoms in total. The van der Waals surface area contributed by atoms with Crippen LogP contribution in [0.25, 0.3) is 0 Å². The number of carbonyl (C=O) groups is 2. The van der Waals surface area contributed by atoms with Crippen molar-refractivity contribution in [1.82, 2.24) is 0 Å². The summed E-state index contributed by atoms with van der Waals surface area (Å²) in [6.45, 7) is 24.8. The molecule has 4 aromatic carbocycles. The molecule has 8 heterocycles. The largest absolute Gasteiger partial charge is 0.468 e. The fraction of sp³-hybridized carbons (Fsp3) is 0.705. The summed E-state index contributed by atoms with van der Waals surface area (Å²) in [6, 6.07) is 31.9. The van der Waals surface area contributed by atoms with Gasteiger partial charge >= 0.3 is 11.9 Å². The molecule has 12 aliphatic rings. The van der Waals surface area contributed by atoms with Gasteiger partial charge in [-0.15, -0.1) is 0 Å². The quantitative estimate of drug-likeness (QED) is 0.0473. The highest BCUT2D eigenvalue weighted by molar-refractivity contribution is 5.89. The van der Waals surface area contributed by atoms with E-state index in [2.05, 4.69) is 90.1 Å². The molecular formula is C88H124O20. The second-order valence-electron chi connectivity index (χ2n) is 33.4. The number of hydrogen-bond acceptors (Lipinski definition) is 20. The van der Waals surface area contributed by atoms with E-state index >= 15 is 0 Å². The van der Waals surface area contributed by atoms with Gasteiger partial charge in [0.1, 0.15) is 98.0 Å². The van der Waals surface area contributed by atoms with Crippen LogP contribution in [0.1, 0.15) is 174 Å². The van der Waals surface area contributed by atoms with Crippen LogP contribution in [-0.4, -0.2) is 195 Å². The molecular weight excluding hydrogens is 1380 g/mol. The monoisotopic (exact) mass is 1500 g/mol. The highest BCUT2D eigenvalue weighted by atomic mass is 16.7. The summed E-state index contributed by atoms with van der Waals surface area (Å²) in [5.41, 5.74) is 7.63. The molecule has 0 amide bonds. The van der Waals surface area contributed by atoms with Gasteiger partial charge in [0, 0.05) is 0 Å². The summed E-state index contributed by atoms with van der Waals surface area (Å²) in [5.74, 6) is 5.12. The van der Waals surface area contributed by atoms with E-state index in [1.165, 1.54) is 92.0 Å². The Morgan fingerprint density at radius 1 is 0.324 bits per heavy atom. The summed E-state index contributed by atoms with van der Waals surface area (Å²) in [5, 5.41) is 0. The van der Waals surface area contributed by atoms with Crippen LogP contribution in [0.2, 0.25) is 0 Å². The number of hydrogen-bond donors (Lipinski definition) is 0. The first kappa shape index (κ1) is 81.0. The summed E-state index contributed by atoms with van der Waals surface area (Å²) in [4.78, 5) is 24.9. The van der Waals surface area contributed by atoms with Crippen LogP contribution in [0.4, 0.5) is 0 Å². The summed E-state index contributed by atoms with van der Waals surface area (Å²) < 4.78 is 107. The van der Waals surface area contributed by atoms with Crippen molar-refractivity contribution >= 4 is 11.9 Å². The lowest BCUT2D eigenvalue weighted by molar-refractivity contribution is -0.161. The molecule has 0 N–H and O–H groups in total. The van der Waals surface area contributed by atoms with E-state index in [-0.39, 0.29) is 123 Å². The molecule has 4 saturated carbocycles. The fourth-order valence-electron chi connectivity index (χ4n) is 17.1. The lowest BCUT2D eigenvalue weighted by Crippen LogP contribution is -2.37. The Morgan fingerprint density at radius 3 is 1.05 bits per heavy atom. The van der Waals surface area contributed by atoms with E-state index in [9.17, 15) is 9.59 Å². The van der Waals surface area contributed by atoms with Gasteiger partial charge in [0.05, 0.1) is 96.9 Å². The molecule has 0 aromatic heterocycles. The Labute approximate surface area is 641 Å². The van der Waals surface area contributed by atoms with Crippen LogP contribution in [0, 0.1) is 69.1 Å². The first-order valence-electron chi connectivity index (χ1n) is 41.1. The maximum absolute atomic E-state index is 12.5. The molecule has 4 aliphatic carbocycles. The van der Waals surface area contributed by atoms with Gasteiger partial charge in [0.15, 0.2) is 19.0 Å². The van der Waals surface area contributed by atoms with Crippen LogP contribution >= 0.6 is 0 Å². The third-order valence-electron chi connectivity index (χ3n) is 24.6. The van der Waals surface area contributed by atoms with Gasteiger partial charge in [-0.05, 0) is 176 Å². The third kappa shape index (κ3) is 22.7. The SMILES string of the molecule is CC1CCC(CO[C@H]2CO[C@H]3[C@@H]2OC[C@H]3OCC2CCC(C)CC2)CC1.CC1CCC(OCO[C@H]2CO[C@H]3[C@@H]2OC[C@H]3OC(=O)C2CCC(C)CC2)CC1.Cc1ccc(CO[C@H]2CO[C@H]3[C@@H]2OC[C@H]3OCc2ccc(C)cc2)cc1.Cc1ccc(OCO[C@H]2CO[C@H]3[C@@H]2OC[C@H]3OC(=O)c2ccc(C)cc2)cc1. The van der Waals surface area contributed by atoms with Crippen LogP contribution < -0.4 is 4.74 Å². The standard InChI is InChI=1S/C22H36O6.C22H24O6.C22H38O4.C22H26O4/c2*1-14-3-7-16(8-4-14)22(23)28-19-12-25-20-18(11-24-21(19)20)27-13-26-17-9-5-15(2)6-10-17;2*1-15-3-7-17(8-4-15)11-23-19-13-25-22-20(14-26-21(19)22)24-12-18-9-5-16(2)6-10-18/h14-21H,3-13H2,1-2H3;3-10,18-21H,11-13H2,1-2H3;15-22H,3-14H2,1-2H3;3-10,19-22H,11-14H2,1-2H3/t14?,15?,16?,17?,18-,19+,20+,21+;18-,19+,20+,21+;15?,16?,17?,18?,19-,20+,21-,22-;19-,20+,21-,22-/m0011/s1. The Bertz CT molecular complexity index is 3200. The average Bonchev–Trinajstić information content (AvgIpc) is 1.67. The van der Waals surface area contributed by atoms with E-state index in [0.29, 0.717) is 77.7 Å². The van der Waals surface area contributed by atoms with E-state index in [1.54, 1.807) is 12.1 Å². The van der Waals surface area contributed by atoms with Crippen molar-refractivity contribution in [3.05, 3.63) is 136 Å². The van der Waals surface area contributed by atoms with Crippen LogP contribution in [0.3, 0.4) is 0 Å². The minimum atomic E-state index is -0.439. The molecule has 16 atom stereocenters. The Morgan fingerprint density at radius 2 is 0.639 bits per heavy atom. The lowest BCUT2D eigenvalue weighted by Gasteiger charge is -2.27. The summed E-state index contributed by atoms with van der Waals surface area (Å²) in [6.07, 6.45) is 17.9. The number of ether oxygens (including phenoxy) is 18. The highest BCUT2D eigenvalue weighted by Gasteiger charge is 2.54. The summed E-state index contributed by atoms with van der Waals surface area (Å²) >= 11 is 0. The second kappa shape index (κ2) is 40.2. The number of rotatable bonds is 24. The predicted molar refractivity (Wildman–Crippen MR) is 404 cm³/mol. The van der Waals surface area contributed by atoms with Crippen molar-refractivity contribution in [2.24, 2.45) is 41.4 Å². The van der Waals surface area contributed by atoms with Crippen molar-refractivity contribution in [2.45, 2.75) is 275 Å². The second-order valence-corrected chi connectivity index (χ2v) is 33.4. The Balaban J connectivity index is 0.000000127. The number of carbonyl (C=O) groups excluding carboxylic acids is 2. The zero-order chi connectivity index (χ0) is 74.9. The van der Waals surface area contributed by atoms with Crippen molar-refractivity contribution in [3.63, 3.8) is 0 Å². The maximum Gasteiger partial charge on any atom is 0.338 e. The maximum atomic E-state index is 12.5. The first-order valence-corrected chi connectivity index (χ1v) is 41.1. The minimum Gasteiger partial charge on any atom is -0.468 e. The van der Waals surface area contributed by atoms with Gasteiger partial charge in [-0.1, -0.05) is 148 Å². The van der Waals surface area contributed by atoms with E-state index < -0.39 is 6.10 Å². The molecule has 8 aliphatic heterocycles. The van der Waals surface area contributed by atoms with Crippen molar-refractivity contribution in [1.29, 1.82) is 0 Å². The molecule has 0 bridgehead atoms. The smallest absolute Gasteiger partial charge is 0.338 e. The van der Waals surface area contributed by atoms with Gasteiger partial charge in [0.25, 0.3) is 0 Å². The minimum absolute atomic E-state index is 0.0331. The van der Waals surface area contributed by atoms with Crippen molar-refractivity contribution in [3.8, 4) is 5.75 Å². The first-order chi connectivity index (χ1) is 52.6. The van der Waals surface area contributed by atoms with Gasteiger partial charge in [-0.25, -0.2) is 4.79 Å². The van der Waals surface area contributed by atoms with Crippen LogP contribution in [-0.2, 0) is 98.5 Å². The van der Waals surface area contributed by atoms with E-state index in [1.807, 2.05) is 50.2 Å². The molecule has 0 unspecified atom stereocenters. The average molecular weight is 1500 g/mol. The molecule has 108 heavy (non-hydrogen) atoms. The molecule has 16 rings (SSSR count). The number of fused-ring (bicyclic) bond motifs is 4. The number of esters is 2.